The Morgan fingerprint density at radius 2 is 2.29 bits per heavy atom. The predicted octanol–water partition coefficient (Wildman–Crippen LogP) is 3.85. The molecule has 1 aliphatic heterocycles. The number of rotatable bonds is 2. The Balaban J connectivity index is 2.30. The van der Waals surface area contributed by atoms with Crippen molar-refractivity contribution in [2.24, 2.45) is 0 Å². The summed E-state index contributed by atoms with van der Waals surface area (Å²) < 4.78 is 6.90. The third-order valence-corrected chi connectivity index (χ3v) is 3.46. The van der Waals surface area contributed by atoms with Crippen LogP contribution in [0.25, 0.3) is 0 Å². The van der Waals surface area contributed by atoms with Crippen molar-refractivity contribution in [1.82, 2.24) is 0 Å². The van der Waals surface area contributed by atoms with Crippen LogP contribution in [0.1, 0.15) is 23.7 Å². The third-order valence-electron chi connectivity index (χ3n) is 2.51. The summed E-state index contributed by atoms with van der Waals surface area (Å²) in [6, 6.07) is 6.47. The Bertz CT molecular complexity index is 325. The van der Waals surface area contributed by atoms with E-state index in [0.29, 0.717) is 0 Å². The highest BCUT2D eigenvalue weighted by atomic mass is 79.9. The highest BCUT2D eigenvalue weighted by molar-refractivity contribution is 9.10. The minimum absolute atomic E-state index is 0.284. The molecule has 76 valence electrons. The number of halogens is 2. The summed E-state index contributed by atoms with van der Waals surface area (Å²) in [6.07, 6.45) is 2.37. The fraction of sp³-hybridized carbons (Fsp3) is 0.455. The summed E-state index contributed by atoms with van der Waals surface area (Å²) in [7, 11) is 0. The maximum absolute atomic E-state index is 5.74. The lowest BCUT2D eigenvalue weighted by Gasteiger charge is -2.25. The summed E-state index contributed by atoms with van der Waals surface area (Å²) in [6.45, 7) is 0.848. The molecule has 0 saturated carbocycles. The summed E-state index contributed by atoms with van der Waals surface area (Å²) in [5, 5.41) is 0.993. The normalized spacial score (nSPS) is 20.6. The number of hydrogen-bond acceptors (Lipinski definition) is 1. The third kappa shape index (κ3) is 2.20. The molecule has 2 rings (SSSR count). The first-order chi connectivity index (χ1) is 6.81. The second kappa shape index (κ2) is 4.77. The van der Waals surface area contributed by atoms with Crippen molar-refractivity contribution in [2.75, 3.05) is 11.9 Å². The smallest absolute Gasteiger partial charge is 0.0835 e. The molecule has 3 heteroatoms. The number of hydrogen-bond donors (Lipinski definition) is 0. The van der Waals surface area contributed by atoms with Crippen LogP contribution in [-0.4, -0.2) is 11.9 Å². The number of fused-ring (bicyclic) bond motifs is 1. The van der Waals surface area contributed by atoms with Gasteiger partial charge in [0, 0.05) is 9.80 Å². The minimum Gasteiger partial charge on any atom is -0.373 e. The first-order valence-corrected chi connectivity index (χ1v) is 6.68. The van der Waals surface area contributed by atoms with Gasteiger partial charge >= 0.3 is 0 Å². The molecule has 1 atom stereocenters. The van der Waals surface area contributed by atoms with Crippen LogP contribution >= 0.6 is 31.9 Å². The molecular formula is C11H12Br2O. The molecule has 1 nitrogen and oxygen atoms in total. The fourth-order valence-electron chi connectivity index (χ4n) is 1.84. The molecule has 0 amide bonds. The van der Waals surface area contributed by atoms with Crippen LogP contribution in [-0.2, 0) is 11.2 Å². The maximum Gasteiger partial charge on any atom is 0.0835 e. The highest BCUT2D eigenvalue weighted by Crippen LogP contribution is 2.31. The van der Waals surface area contributed by atoms with Crippen LogP contribution in [0.2, 0.25) is 0 Å². The van der Waals surface area contributed by atoms with E-state index in [-0.39, 0.29) is 6.10 Å². The fourth-order valence-corrected chi connectivity index (χ4v) is 2.67. The van der Waals surface area contributed by atoms with E-state index in [9.17, 15) is 0 Å². The molecule has 0 radical (unpaired) electrons. The van der Waals surface area contributed by atoms with E-state index in [1.807, 2.05) is 0 Å². The van der Waals surface area contributed by atoms with Gasteiger partial charge in [-0.15, -0.1) is 0 Å². The first kappa shape index (κ1) is 10.7. The van der Waals surface area contributed by atoms with E-state index >= 15 is 0 Å². The zero-order valence-electron chi connectivity index (χ0n) is 7.80. The van der Waals surface area contributed by atoms with Gasteiger partial charge < -0.3 is 4.74 Å². The SMILES string of the molecule is BrCCC1OCCc2cc(Br)ccc21. The molecule has 14 heavy (non-hydrogen) atoms. The Labute approximate surface area is 101 Å². The molecule has 0 bridgehead atoms. The summed E-state index contributed by atoms with van der Waals surface area (Å²) >= 11 is 6.96. The van der Waals surface area contributed by atoms with E-state index in [2.05, 4.69) is 50.1 Å². The molecule has 1 unspecified atom stereocenters. The maximum atomic E-state index is 5.74. The predicted molar refractivity (Wildman–Crippen MR) is 65.0 cm³/mol. The van der Waals surface area contributed by atoms with Gasteiger partial charge in [0.15, 0.2) is 0 Å². The van der Waals surface area contributed by atoms with E-state index in [1.165, 1.54) is 11.1 Å². The van der Waals surface area contributed by atoms with Gasteiger partial charge in [-0.2, -0.15) is 0 Å². The second-order valence-electron chi connectivity index (χ2n) is 3.43. The Morgan fingerprint density at radius 3 is 3.07 bits per heavy atom. The molecule has 0 aliphatic carbocycles. The molecule has 0 spiro atoms. The van der Waals surface area contributed by atoms with Crippen molar-refractivity contribution >= 4 is 31.9 Å². The standard InChI is InChI=1S/C11H12Br2O/c12-5-3-11-10-2-1-9(13)7-8(10)4-6-14-11/h1-2,7,11H,3-6H2. The zero-order chi connectivity index (χ0) is 9.97. The van der Waals surface area contributed by atoms with Crippen LogP contribution < -0.4 is 0 Å². The topological polar surface area (TPSA) is 9.23 Å². The highest BCUT2D eigenvalue weighted by Gasteiger charge is 2.19. The minimum atomic E-state index is 0.284. The van der Waals surface area contributed by atoms with Gasteiger partial charge in [-0.25, -0.2) is 0 Å². The summed E-state index contributed by atoms with van der Waals surface area (Å²) in [5.74, 6) is 0. The van der Waals surface area contributed by atoms with Crippen LogP contribution in [0.4, 0.5) is 0 Å². The van der Waals surface area contributed by atoms with Crippen molar-refractivity contribution in [1.29, 1.82) is 0 Å². The van der Waals surface area contributed by atoms with Crippen molar-refractivity contribution in [3.05, 3.63) is 33.8 Å². The summed E-state index contributed by atoms with van der Waals surface area (Å²) in [5.41, 5.74) is 2.79. The monoisotopic (exact) mass is 318 g/mol. The van der Waals surface area contributed by atoms with Gasteiger partial charge in [-0.1, -0.05) is 37.9 Å². The second-order valence-corrected chi connectivity index (χ2v) is 5.14. The van der Waals surface area contributed by atoms with Crippen molar-refractivity contribution < 1.29 is 4.74 Å². The molecule has 1 heterocycles. The van der Waals surface area contributed by atoms with Crippen molar-refractivity contribution in [2.45, 2.75) is 18.9 Å². The Hall–Kier alpha value is 0.140. The van der Waals surface area contributed by atoms with Gasteiger partial charge in [0.1, 0.15) is 0 Å². The van der Waals surface area contributed by atoms with E-state index in [0.717, 1.165) is 29.3 Å². The number of alkyl halides is 1. The molecule has 0 fully saturated rings. The van der Waals surface area contributed by atoms with E-state index in [1.54, 1.807) is 0 Å². The van der Waals surface area contributed by atoms with Gasteiger partial charge in [-0.3, -0.25) is 0 Å². The largest absolute Gasteiger partial charge is 0.373 e. The molecule has 1 aromatic rings. The molecule has 1 aromatic carbocycles. The quantitative estimate of drug-likeness (QED) is 0.752. The molecule has 0 saturated heterocycles. The molecule has 0 N–H and O–H groups in total. The van der Waals surface area contributed by atoms with Crippen LogP contribution in [0.3, 0.4) is 0 Å². The zero-order valence-corrected chi connectivity index (χ0v) is 11.0. The van der Waals surface area contributed by atoms with E-state index in [4.69, 9.17) is 4.74 Å². The van der Waals surface area contributed by atoms with Crippen molar-refractivity contribution in [3.8, 4) is 0 Å². The van der Waals surface area contributed by atoms with Crippen LogP contribution in [0.5, 0.6) is 0 Å². The molecular weight excluding hydrogens is 308 g/mol. The van der Waals surface area contributed by atoms with Crippen LogP contribution in [0, 0.1) is 0 Å². The average Bonchev–Trinajstić information content (AvgIpc) is 2.18. The Kier molecular flexibility index (Phi) is 3.63. The lowest BCUT2D eigenvalue weighted by Crippen LogP contribution is -2.16. The van der Waals surface area contributed by atoms with Crippen LogP contribution in [0.15, 0.2) is 22.7 Å². The lowest BCUT2D eigenvalue weighted by atomic mass is 9.96. The average molecular weight is 320 g/mol. The lowest BCUT2D eigenvalue weighted by molar-refractivity contribution is 0.0409. The Morgan fingerprint density at radius 1 is 1.43 bits per heavy atom. The number of benzene rings is 1. The summed E-state index contributed by atoms with van der Waals surface area (Å²) in [4.78, 5) is 0. The van der Waals surface area contributed by atoms with Gasteiger partial charge in [0.25, 0.3) is 0 Å². The number of ether oxygens (including phenoxy) is 1. The van der Waals surface area contributed by atoms with Gasteiger partial charge in [0.05, 0.1) is 12.7 Å². The van der Waals surface area contributed by atoms with Gasteiger partial charge in [0.2, 0.25) is 0 Å². The van der Waals surface area contributed by atoms with Crippen molar-refractivity contribution in [3.63, 3.8) is 0 Å². The van der Waals surface area contributed by atoms with Gasteiger partial charge in [-0.05, 0) is 36.1 Å². The van der Waals surface area contributed by atoms with E-state index < -0.39 is 0 Å². The molecule has 1 aliphatic rings. The first-order valence-electron chi connectivity index (χ1n) is 4.77. The molecule has 0 aromatic heterocycles.